The van der Waals surface area contributed by atoms with Gasteiger partial charge in [0, 0.05) is 43.0 Å². The van der Waals surface area contributed by atoms with E-state index in [1.807, 2.05) is 54.6 Å². The molecule has 3 heterocycles. The third kappa shape index (κ3) is 4.66. The van der Waals surface area contributed by atoms with Crippen LogP contribution in [0.2, 0.25) is 0 Å². The van der Waals surface area contributed by atoms with Crippen LogP contribution in [0.15, 0.2) is 79.0 Å². The van der Waals surface area contributed by atoms with E-state index in [0.29, 0.717) is 42.1 Å². The average molecular weight is 537 g/mol. The number of anilines is 2. The summed E-state index contributed by atoms with van der Waals surface area (Å²) in [7, 11) is 1.64. The lowest BCUT2D eigenvalue weighted by Gasteiger charge is -2.23. The quantitative estimate of drug-likeness (QED) is 0.315. The maximum atomic E-state index is 13.5. The normalized spacial score (nSPS) is 18.1. The highest BCUT2D eigenvalue weighted by Crippen LogP contribution is 2.41. The van der Waals surface area contributed by atoms with E-state index in [2.05, 4.69) is 10.6 Å². The van der Waals surface area contributed by atoms with Crippen molar-refractivity contribution < 1.29 is 24.2 Å². The van der Waals surface area contributed by atoms with Gasteiger partial charge in [-0.2, -0.15) is 0 Å². The minimum atomic E-state index is -1.05. The van der Waals surface area contributed by atoms with Gasteiger partial charge in [-0.05, 0) is 42.0 Å². The summed E-state index contributed by atoms with van der Waals surface area (Å²) in [6, 6.07) is 21.9. The van der Waals surface area contributed by atoms with Crippen molar-refractivity contribution in [1.82, 2.24) is 9.88 Å². The van der Waals surface area contributed by atoms with E-state index >= 15 is 0 Å². The number of aromatic nitrogens is 1. The molecule has 40 heavy (non-hydrogen) atoms. The van der Waals surface area contributed by atoms with Crippen molar-refractivity contribution in [2.45, 2.75) is 12.5 Å². The summed E-state index contributed by atoms with van der Waals surface area (Å²) in [6.45, 7) is 2.05. The van der Waals surface area contributed by atoms with E-state index in [4.69, 9.17) is 4.74 Å². The number of nitrogens with zero attached hydrogens (tertiary/aromatic N) is 2. The minimum Gasteiger partial charge on any atom is -0.478 e. The number of carboxylic acids is 1. The summed E-state index contributed by atoms with van der Waals surface area (Å²) in [5.74, 6) is -1.32. The molecular weight excluding hydrogens is 508 g/mol. The number of morpholine rings is 1. The molecule has 3 N–H and O–H groups in total. The van der Waals surface area contributed by atoms with Crippen LogP contribution in [0.25, 0.3) is 22.2 Å². The zero-order valence-electron chi connectivity index (χ0n) is 21.9. The van der Waals surface area contributed by atoms with Crippen LogP contribution in [-0.4, -0.2) is 60.3 Å². The molecule has 0 radical (unpaired) electrons. The molecule has 6 rings (SSSR count). The fraction of sp³-hybridized carbons (Fsp3) is 0.194. The first-order valence-corrected chi connectivity index (χ1v) is 13.1. The third-order valence-corrected chi connectivity index (χ3v) is 7.34. The fourth-order valence-corrected chi connectivity index (χ4v) is 5.30. The van der Waals surface area contributed by atoms with Crippen molar-refractivity contribution in [2.75, 3.05) is 37.0 Å². The summed E-state index contributed by atoms with van der Waals surface area (Å²) >= 11 is 0. The van der Waals surface area contributed by atoms with Crippen molar-refractivity contribution in [3.8, 4) is 0 Å². The van der Waals surface area contributed by atoms with E-state index in [-0.39, 0.29) is 23.5 Å². The largest absolute Gasteiger partial charge is 0.478 e. The van der Waals surface area contributed by atoms with Gasteiger partial charge >= 0.3 is 5.97 Å². The van der Waals surface area contributed by atoms with Gasteiger partial charge in [0.25, 0.3) is 5.91 Å². The van der Waals surface area contributed by atoms with Crippen LogP contribution in [0.4, 0.5) is 11.4 Å². The van der Waals surface area contributed by atoms with Gasteiger partial charge in [-0.15, -0.1) is 0 Å². The maximum absolute atomic E-state index is 13.5. The van der Waals surface area contributed by atoms with Crippen molar-refractivity contribution >= 4 is 51.3 Å². The number of rotatable bonds is 6. The molecular formula is C31H28N4O5. The summed E-state index contributed by atoms with van der Waals surface area (Å²) in [5.41, 5.74) is 4.71. The third-order valence-electron chi connectivity index (χ3n) is 7.34. The standard InChI is InChI=1S/C31H28N4O5/c1-34-26-16-21(31(38)39)7-9-24(26)28(30(34)37)29(19-5-3-2-4-6-19)33-22-8-10-25-20(15-22)11-13-35(25)27(36)17-23-18-32-12-14-40-23/h2-11,13,15-16,23,32-33H,12,14,17-18H2,1H3,(H,38,39). The molecule has 2 aliphatic heterocycles. The Hall–Kier alpha value is -4.73. The fourth-order valence-electron chi connectivity index (χ4n) is 5.30. The molecule has 9 heteroatoms. The molecule has 0 aliphatic carbocycles. The number of carbonyl (C=O) groups is 3. The number of ether oxygens (including phenoxy) is 1. The van der Waals surface area contributed by atoms with Gasteiger partial charge in [0.05, 0.1) is 47.2 Å². The van der Waals surface area contributed by atoms with Crippen LogP contribution in [0, 0.1) is 0 Å². The lowest BCUT2D eigenvalue weighted by Crippen LogP contribution is -2.40. The average Bonchev–Trinajstić information content (AvgIpc) is 3.50. The highest BCUT2D eigenvalue weighted by Gasteiger charge is 2.33. The van der Waals surface area contributed by atoms with Crippen LogP contribution < -0.4 is 15.5 Å². The first-order chi connectivity index (χ1) is 19.4. The molecule has 9 nitrogen and oxygen atoms in total. The molecule has 1 saturated heterocycles. The Morgan fingerprint density at radius 3 is 2.62 bits per heavy atom. The number of benzene rings is 3. The first kappa shape index (κ1) is 25.5. The number of nitrogens with one attached hydrogen (secondary N) is 2. The number of carbonyl (C=O) groups excluding carboxylic acids is 2. The minimum absolute atomic E-state index is 0.0339. The van der Waals surface area contributed by atoms with Gasteiger partial charge < -0.3 is 25.4 Å². The molecule has 1 amide bonds. The summed E-state index contributed by atoms with van der Waals surface area (Å²) < 4.78 is 7.35. The number of amides is 1. The van der Waals surface area contributed by atoms with Gasteiger partial charge in [0.2, 0.25) is 5.91 Å². The predicted octanol–water partition coefficient (Wildman–Crippen LogP) is 4.32. The molecule has 0 spiro atoms. The van der Waals surface area contributed by atoms with Crippen molar-refractivity contribution in [1.29, 1.82) is 0 Å². The van der Waals surface area contributed by atoms with Gasteiger partial charge in [-0.1, -0.05) is 36.4 Å². The van der Waals surface area contributed by atoms with Gasteiger partial charge in [0.1, 0.15) is 0 Å². The van der Waals surface area contributed by atoms with Crippen LogP contribution in [0.3, 0.4) is 0 Å². The van der Waals surface area contributed by atoms with Crippen LogP contribution >= 0.6 is 0 Å². The highest BCUT2D eigenvalue weighted by atomic mass is 16.5. The van der Waals surface area contributed by atoms with Crippen molar-refractivity contribution in [3.05, 3.63) is 95.7 Å². The molecule has 202 valence electrons. The Morgan fingerprint density at radius 1 is 1.05 bits per heavy atom. The number of fused-ring (bicyclic) bond motifs is 2. The Labute approximate surface area is 230 Å². The number of hydrogen-bond acceptors (Lipinski definition) is 6. The molecule has 1 aromatic heterocycles. The van der Waals surface area contributed by atoms with Gasteiger partial charge in [-0.25, -0.2) is 4.79 Å². The van der Waals surface area contributed by atoms with Crippen molar-refractivity contribution in [3.63, 3.8) is 0 Å². The Morgan fingerprint density at radius 2 is 1.88 bits per heavy atom. The van der Waals surface area contributed by atoms with Gasteiger partial charge in [0.15, 0.2) is 0 Å². The van der Waals surface area contributed by atoms with E-state index in [0.717, 1.165) is 28.7 Å². The number of hydrogen-bond donors (Lipinski definition) is 3. The maximum Gasteiger partial charge on any atom is 0.335 e. The Bertz CT molecular complexity index is 1670. The second kappa shape index (κ2) is 10.4. The van der Waals surface area contributed by atoms with E-state index < -0.39 is 5.97 Å². The van der Waals surface area contributed by atoms with Gasteiger partial charge in [-0.3, -0.25) is 14.2 Å². The Kier molecular flexibility index (Phi) is 6.67. The van der Waals surface area contributed by atoms with Crippen LogP contribution in [0.1, 0.15) is 32.7 Å². The molecule has 1 atom stereocenters. The molecule has 4 aromatic rings. The highest BCUT2D eigenvalue weighted by molar-refractivity contribution is 6.38. The summed E-state index contributed by atoms with van der Waals surface area (Å²) in [5, 5.41) is 17.0. The molecule has 1 unspecified atom stereocenters. The number of likely N-dealkylation sites (N-methyl/N-ethyl adjacent to an activating group) is 1. The molecule has 1 fully saturated rings. The van der Waals surface area contributed by atoms with E-state index in [1.165, 1.54) is 17.0 Å². The number of carboxylic acid groups (broad SMARTS) is 1. The van der Waals surface area contributed by atoms with E-state index in [1.54, 1.807) is 23.9 Å². The zero-order chi connectivity index (χ0) is 27.8. The monoisotopic (exact) mass is 536 g/mol. The van der Waals surface area contributed by atoms with Crippen molar-refractivity contribution in [2.24, 2.45) is 0 Å². The SMILES string of the molecule is CN1C(=O)C(=C(Nc2ccc3c(ccn3C(=O)CC3CNCCO3)c2)c2ccccc2)c2ccc(C(=O)O)cc21. The first-order valence-electron chi connectivity index (χ1n) is 13.1. The topological polar surface area (TPSA) is 113 Å². The second-order valence-corrected chi connectivity index (χ2v) is 9.90. The molecule has 0 bridgehead atoms. The molecule has 3 aromatic carbocycles. The lowest BCUT2D eigenvalue weighted by atomic mass is 9.99. The summed E-state index contributed by atoms with van der Waals surface area (Å²) in [6.07, 6.45) is 1.92. The van der Waals surface area contributed by atoms with Crippen LogP contribution in [0.5, 0.6) is 0 Å². The van der Waals surface area contributed by atoms with Crippen LogP contribution in [-0.2, 0) is 9.53 Å². The summed E-state index contributed by atoms with van der Waals surface area (Å²) in [4.78, 5) is 39.6. The Balaban J connectivity index is 1.37. The number of aromatic carboxylic acids is 1. The smallest absolute Gasteiger partial charge is 0.335 e. The zero-order valence-corrected chi connectivity index (χ0v) is 21.9. The lowest BCUT2D eigenvalue weighted by molar-refractivity contribution is -0.112. The second-order valence-electron chi connectivity index (χ2n) is 9.90. The predicted molar refractivity (Wildman–Crippen MR) is 153 cm³/mol. The molecule has 0 saturated carbocycles. The molecule has 2 aliphatic rings. The van der Waals surface area contributed by atoms with E-state index in [9.17, 15) is 19.5 Å².